The highest BCUT2D eigenvalue weighted by Gasteiger charge is 2.29. The molecule has 3 aromatic rings. The van der Waals surface area contributed by atoms with Crippen molar-refractivity contribution in [3.05, 3.63) is 59.4 Å². The Hall–Kier alpha value is -3.42. The molecule has 0 unspecified atom stereocenters. The Morgan fingerprint density at radius 2 is 2.00 bits per heavy atom. The van der Waals surface area contributed by atoms with Gasteiger partial charge < -0.3 is 19.3 Å². The fraction of sp³-hybridized carbons (Fsp3) is 0.300. The number of aromatic nitrogens is 3. The second kappa shape index (κ2) is 7.30. The van der Waals surface area contributed by atoms with Crippen LogP contribution in [0.15, 0.2) is 40.9 Å². The molecule has 1 N–H and O–H groups in total. The smallest absolute Gasteiger partial charge is 0.294 e. The van der Waals surface area contributed by atoms with E-state index in [0.717, 1.165) is 24.2 Å². The fourth-order valence-corrected chi connectivity index (χ4v) is 3.41. The maximum Gasteiger partial charge on any atom is 0.294 e. The first kappa shape index (κ1) is 18.0. The topological polar surface area (TPSA) is 93.3 Å². The van der Waals surface area contributed by atoms with E-state index in [2.05, 4.69) is 15.5 Å². The van der Waals surface area contributed by atoms with Gasteiger partial charge in [0.15, 0.2) is 11.5 Å². The zero-order chi connectivity index (χ0) is 19.7. The van der Waals surface area contributed by atoms with Crippen molar-refractivity contribution in [1.82, 2.24) is 14.7 Å². The van der Waals surface area contributed by atoms with Crippen LogP contribution >= 0.6 is 0 Å². The largest absolute Gasteiger partial charge is 0.360 e. The van der Waals surface area contributed by atoms with Gasteiger partial charge in [-0.15, -0.1) is 0 Å². The summed E-state index contributed by atoms with van der Waals surface area (Å²) in [7, 11) is 1.71. The third-order valence-corrected chi connectivity index (χ3v) is 4.84. The van der Waals surface area contributed by atoms with Gasteiger partial charge >= 0.3 is 0 Å². The summed E-state index contributed by atoms with van der Waals surface area (Å²) in [5.41, 5.74) is 1.82. The Morgan fingerprint density at radius 3 is 2.71 bits per heavy atom. The second-order valence-electron chi connectivity index (χ2n) is 6.82. The number of benzene rings is 1. The number of fused-ring (bicyclic) bond motifs is 1. The van der Waals surface area contributed by atoms with Gasteiger partial charge in [-0.2, -0.15) is 0 Å². The van der Waals surface area contributed by atoms with Crippen molar-refractivity contribution in [2.75, 3.05) is 17.3 Å². The number of amides is 2. The molecule has 3 heterocycles. The zero-order valence-corrected chi connectivity index (χ0v) is 15.8. The van der Waals surface area contributed by atoms with E-state index in [-0.39, 0.29) is 23.3 Å². The summed E-state index contributed by atoms with van der Waals surface area (Å²) in [6.07, 6.45) is 2.61. The minimum absolute atomic E-state index is 0.245. The Morgan fingerprint density at radius 1 is 1.21 bits per heavy atom. The van der Waals surface area contributed by atoms with Crippen molar-refractivity contribution in [3.8, 4) is 0 Å². The van der Waals surface area contributed by atoms with Crippen molar-refractivity contribution >= 4 is 23.3 Å². The normalized spacial score (nSPS) is 13.1. The Balaban J connectivity index is 1.67. The molecular formula is C20H21N5O3. The molecule has 0 radical (unpaired) electrons. The Bertz CT molecular complexity index is 1020. The zero-order valence-electron chi connectivity index (χ0n) is 15.8. The molecule has 144 valence electrons. The van der Waals surface area contributed by atoms with Crippen LogP contribution in [0.25, 0.3) is 0 Å². The molecule has 0 saturated heterocycles. The number of nitrogens with zero attached hydrogens (tertiary/aromatic N) is 4. The van der Waals surface area contributed by atoms with Crippen LogP contribution in [0.3, 0.4) is 0 Å². The highest BCUT2D eigenvalue weighted by molar-refractivity contribution is 6.07. The van der Waals surface area contributed by atoms with Gasteiger partial charge in [-0.3, -0.25) is 9.59 Å². The van der Waals surface area contributed by atoms with Crippen LogP contribution < -0.4 is 10.2 Å². The molecule has 4 rings (SSSR count). The number of para-hydroxylation sites is 1. The summed E-state index contributed by atoms with van der Waals surface area (Å²) in [6.45, 7) is 2.42. The quantitative estimate of drug-likeness (QED) is 0.752. The maximum absolute atomic E-state index is 13.1. The number of carbonyl (C=O) groups is 2. The molecule has 0 saturated carbocycles. The molecule has 8 nitrogen and oxygen atoms in total. The third-order valence-electron chi connectivity index (χ3n) is 4.84. The molecule has 2 aromatic heterocycles. The van der Waals surface area contributed by atoms with E-state index < -0.39 is 0 Å². The first-order valence-electron chi connectivity index (χ1n) is 9.22. The third kappa shape index (κ3) is 3.28. The first-order valence-corrected chi connectivity index (χ1v) is 9.22. The predicted octanol–water partition coefficient (Wildman–Crippen LogP) is 3.04. The molecule has 8 heteroatoms. The maximum atomic E-state index is 13.1. The van der Waals surface area contributed by atoms with Crippen LogP contribution in [0.1, 0.15) is 45.4 Å². The van der Waals surface area contributed by atoms with Gasteiger partial charge in [0, 0.05) is 25.3 Å². The van der Waals surface area contributed by atoms with Crippen molar-refractivity contribution in [3.63, 3.8) is 0 Å². The molecule has 1 aliphatic heterocycles. The van der Waals surface area contributed by atoms with E-state index in [0.29, 0.717) is 24.5 Å². The van der Waals surface area contributed by atoms with Crippen LogP contribution in [0, 0.1) is 6.92 Å². The summed E-state index contributed by atoms with van der Waals surface area (Å²) in [5.74, 6) is 0.574. The molecule has 1 aliphatic rings. The summed E-state index contributed by atoms with van der Waals surface area (Å²) < 4.78 is 6.86. The van der Waals surface area contributed by atoms with Gasteiger partial charge in [0.1, 0.15) is 5.76 Å². The van der Waals surface area contributed by atoms with E-state index in [1.807, 2.05) is 34.9 Å². The van der Waals surface area contributed by atoms with Crippen LogP contribution in [0.4, 0.5) is 11.5 Å². The van der Waals surface area contributed by atoms with E-state index in [1.165, 1.54) is 0 Å². The van der Waals surface area contributed by atoms with E-state index >= 15 is 0 Å². The molecule has 0 aliphatic carbocycles. The molecule has 0 atom stereocenters. The number of rotatable bonds is 4. The van der Waals surface area contributed by atoms with Gasteiger partial charge in [0.2, 0.25) is 5.82 Å². The molecule has 28 heavy (non-hydrogen) atoms. The number of imidazole rings is 1. The van der Waals surface area contributed by atoms with Gasteiger partial charge in [0.25, 0.3) is 11.8 Å². The van der Waals surface area contributed by atoms with Crippen molar-refractivity contribution in [2.24, 2.45) is 0 Å². The standard InChI is InChI=1S/C20H21N5O3/c1-13-12-16(23-28-13)21-19(26)17-15-10-6-7-11-25(15)18(22-17)20(27)24(2)14-8-4-3-5-9-14/h3-5,8-9,12H,6-7,10-11H2,1-2H3,(H,21,23,26). The number of carbonyl (C=O) groups excluding carboxylic acids is 2. The number of hydrogen-bond acceptors (Lipinski definition) is 5. The van der Waals surface area contributed by atoms with Crippen LogP contribution in [-0.2, 0) is 13.0 Å². The summed E-state index contributed by atoms with van der Waals surface area (Å²) in [6, 6.07) is 11.0. The molecular weight excluding hydrogens is 358 g/mol. The molecule has 0 spiro atoms. The summed E-state index contributed by atoms with van der Waals surface area (Å²) in [4.78, 5) is 31.9. The number of anilines is 2. The number of nitrogens with one attached hydrogen (secondary N) is 1. The Labute approximate surface area is 162 Å². The molecule has 0 bridgehead atoms. The lowest BCUT2D eigenvalue weighted by atomic mass is 10.1. The highest BCUT2D eigenvalue weighted by Crippen LogP contribution is 2.24. The minimum Gasteiger partial charge on any atom is -0.360 e. The first-order chi connectivity index (χ1) is 13.5. The summed E-state index contributed by atoms with van der Waals surface area (Å²) >= 11 is 0. The molecule has 1 aromatic carbocycles. The average molecular weight is 379 g/mol. The van der Waals surface area contributed by atoms with Crippen LogP contribution in [0.5, 0.6) is 0 Å². The SMILES string of the molecule is Cc1cc(NC(=O)c2nc(C(=O)N(C)c3ccccc3)n3c2CCCC3)no1. The van der Waals surface area contributed by atoms with Gasteiger partial charge in [-0.25, -0.2) is 4.98 Å². The van der Waals surface area contributed by atoms with E-state index in [9.17, 15) is 9.59 Å². The lowest BCUT2D eigenvalue weighted by molar-refractivity contribution is 0.0978. The van der Waals surface area contributed by atoms with Gasteiger partial charge in [-0.1, -0.05) is 23.4 Å². The molecule has 0 fully saturated rings. The van der Waals surface area contributed by atoms with Gasteiger partial charge in [-0.05, 0) is 38.3 Å². The van der Waals surface area contributed by atoms with Crippen molar-refractivity contribution < 1.29 is 14.1 Å². The van der Waals surface area contributed by atoms with Crippen LogP contribution in [0.2, 0.25) is 0 Å². The van der Waals surface area contributed by atoms with Crippen LogP contribution in [-0.4, -0.2) is 33.6 Å². The minimum atomic E-state index is -0.389. The van der Waals surface area contributed by atoms with E-state index in [4.69, 9.17) is 4.52 Å². The van der Waals surface area contributed by atoms with Crippen molar-refractivity contribution in [1.29, 1.82) is 0 Å². The lowest BCUT2D eigenvalue weighted by Crippen LogP contribution is -2.30. The summed E-state index contributed by atoms with van der Waals surface area (Å²) in [5, 5.41) is 6.48. The van der Waals surface area contributed by atoms with Crippen molar-refractivity contribution in [2.45, 2.75) is 32.7 Å². The predicted molar refractivity (Wildman–Crippen MR) is 104 cm³/mol. The Kier molecular flexibility index (Phi) is 4.68. The number of hydrogen-bond donors (Lipinski definition) is 1. The monoisotopic (exact) mass is 379 g/mol. The molecule has 2 amide bonds. The number of aryl methyl sites for hydroxylation is 1. The second-order valence-corrected chi connectivity index (χ2v) is 6.82. The average Bonchev–Trinajstić information content (AvgIpc) is 3.31. The fourth-order valence-electron chi connectivity index (χ4n) is 3.41. The van der Waals surface area contributed by atoms with E-state index in [1.54, 1.807) is 24.9 Å². The van der Waals surface area contributed by atoms with Gasteiger partial charge in [0.05, 0.1) is 5.69 Å². The lowest BCUT2D eigenvalue weighted by Gasteiger charge is -2.20. The highest BCUT2D eigenvalue weighted by atomic mass is 16.5.